The highest BCUT2D eigenvalue weighted by Gasteiger charge is 2.35. The van der Waals surface area contributed by atoms with Gasteiger partial charge in [-0.25, -0.2) is 0 Å². The van der Waals surface area contributed by atoms with Crippen molar-refractivity contribution in [3.63, 3.8) is 0 Å². The molecule has 1 amide bonds. The molecule has 19 heavy (non-hydrogen) atoms. The number of carbonyl (C=O) groups excluding carboxylic acids is 1. The number of rotatable bonds is 3. The molecule has 104 valence electrons. The molecule has 1 aromatic rings. The normalized spacial score (nSPS) is 24.8. The van der Waals surface area contributed by atoms with Crippen LogP contribution in [0.2, 0.25) is 0 Å². The van der Waals surface area contributed by atoms with Gasteiger partial charge in [0.25, 0.3) is 0 Å². The van der Waals surface area contributed by atoms with Crippen LogP contribution in [0, 0.1) is 5.41 Å². The minimum atomic E-state index is -0.284. The molecule has 0 radical (unpaired) electrons. The largest absolute Gasteiger partial charge is 0.349 e. The lowest BCUT2D eigenvalue weighted by atomic mass is 9.81. The third kappa shape index (κ3) is 3.37. The molecular formula is C15H21BrN2O. The molecule has 4 heteroatoms. The molecule has 0 aromatic heterocycles. The highest BCUT2D eigenvalue weighted by Crippen LogP contribution is 2.28. The number of amides is 1. The molecule has 2 N–H and O–H groups in total. The minimum absolute atomic E-state index is 0.0156. The monoisotopic (exact) mass is 324 g/mol. The van der Waals surface area contributed by atoms with Gasteiger partial charge in [0, 0.05) is 11.0 Å². The van der Waals surface area contributed by atoms with E-state index in [4.69, 9.17) is 0 Å². The van der Waals surface area contributed by atoms with Gasteiger partial charge >= 0.3 is 0 Å². The molecule has 0 bridgehead atoms. The topological polar surface area (TPSA) is 41.1 Å². The lowest BCUT2D eigenvalue weighted by Gasteiger charge is -2.34. The van der Waals surface area contributed by atoms with Crippen LogP contribution in [0.3, 0.4) is 0 Å². The van der Waals surface area contributed by atoms with Crippen LogP contribution in [0.4, 0.5) is 0 Å². The Morgan fingerprint density at radius 3 is 2.84 bits per heavy atom. The smallest absolute Gasteiger partial charge is 0.227 e. The van der Waals surface area contributed by atoms with E-state index >= 15 is 0 Å². The van der Waals surface area contributed by atoms with Crippen LogP contribution in [0.15, 0.2) is 28.7 Å². The molecular weight excluding hydrogens is 304 g/mol. The third-order valence-electron chi connectivity index (χ3n) is 3.86. The Labute approximate surface area is 123 Å². The predicted octanol–water partition coefficient (Wildman–Crippen LogP) is 3.02. The van der Waals surface area contributed by atoms with Crippen LogP contribution in [-0.2, 0) is 4.79 Å². The third-order valence-corrected chi connectivity index (χ3v) is 4.59. The number of halogens is 1. The van der Waals surface area contributed by atoms with Crippen molar-refractivity contribution in [1.82, 2.24) is 10.6 Å². The van der Waals surface area contributed by atoms with Crippen molar-refractivity contribution in [2.45, 2.75) is 32.7 Å². The zero-order valence-electron chi connectivity index (χ0n) is 11.5. The van der Waals surface area contributed by atoms with Crippen molar-refractivity contribution in [2.24, 2.45) is 5.41 Å². The Morgan fingerprint density at radius 1 is 1.47 bits per heavy atom. The van der Waals surface area contributed by atoms with Crippen molar-refractivity contribution in [3.8, 4) is 0 Å². The van der Waals surface area contributed by atoms with E-state index in [1.165, 1.54) is 0 Å². The Balaban J connectivity index is 2.04. The van der Waals surface area contributed by atoms with Gasteiger partial charge in [0.1, 0.15) is 0 Å². The number of piperidine rings is 1. The minimum Gasteiger partial charge on any atom is -0.349 e. The van der Waals surface area contributed by atoms with Crippen molar-refractivity contribution >= 4 is 21.8 Å². The van der Waals surface area contributed by atoms with E-state index in [2.05, 4.69) is 26.6 Å². The fourth-order valence-corrected chi connectivity index (χ4v) is 3.15. The number of hydrogen-bond donors (Lipinski definition) is 2. The molecule has 1 aliphatic heterocycles. The van der Waals surface area contributed by atoms with Crippen molar-refractivity contribution in [2.75, 3.05) is 13.1 Å². The van der Waals surface area contributed by atoms with Crippen molar-refractivity contribution in [3.05, 3.63) is 34.3 Å². The van der Waals surface area contributed by atoms with Gasteiger partial charge in [-0.1, -0.05) is 34.1 Å². The first kappa shape index (κ1) is 14.5. The Morgan fingerprint density at radius 2 is 2.21 bits per heavy atom. The number of benzene rings is 1. The zero-order valence-corrected chi connectivity index (χ0v) is 13.1. The van der Waals surface area contributed by atoms with Crippen molar-refractivity contribution in [1.29, 1.82) is 0 Å². The molecule has 2 atom stereocenters. The Hall–Kier alpha value is -0.870. The SMILES string of the molecule is C[C@H](NC(=O)C1(C)CCCNC1)c1ccccc1Br. The average molecular weight is 325 g/mol. The molecule has 1 aromatic carbocycles. The molecule has 1 unspecified atom stereocenters. The maximum absolute atomic E-state index is 12.4. The van der Waals surface area contributed by atoms with Crippen LogP contribution < -0.4 is 10.6 Å². The van der Waals surface area contributed by atoms with Gasteiger partial charge in [0.05, 0.1) is 11.5 Å². The van der Waals surface area contributed by atoms with E-state index in [0.29, 0.717) is 0 Å². The van der Waals surface area contributed by atoms with E-state index < -0.39 is 0 Å². The first-order chi connectivity index (χ1) is 9.03. The lowest BCUT2D eigenvalue weighted by molar-refractivity contribution is -0.131. The second kappa shape index (κ2) is 6.06. The Bertz CT molecular complexity index is 455. The van der Waals surface area contributed by atoms with Gasteiger partial charge in [-0.05, 0) is 44.9 Å². The second-order valence-electron chi connectivity index (χ2n) is 5.56. The first-order valence-corrected chi connectivity index (χ1v) is 7.58. The summed E-state index contributed by atoms with van der Waals surface area (Å²) >= 11 is 3.53. The van der Waals surface area contributed by atoms with Gasteiger partial charge in [-0.2, -0.15) is 0 Å². The fraction of sp³-hybridized carbons (Fsp3) is 0.533. The fourth-order valence-electron chi connectivity index (χ4n) is 2.52. The van der Waals surface area contributed by atoms with Crippen LogP contribution in [0.5, 0.6) is 0 Å². The second-order valence-corrected chi connectivity index (χ2v) is 6.41. The summed E-state index contributed by atoms with van der Waals surface area (Å²) in [7, 11) is 0. The molecule has 0 spiro atoms. The quantitative estimate of drug-likeness (QED) is 0.897. The van der Waals surface area contributed by atoms with Crippen LogP contribution in [0.25, 0.3) is 0 Å². The molecule has 1 saturated heterocycles. The Kier molecular flexibility index (Phi) is 4.63. The van der Waals surface area contributed by atoms with Crippen LogP contribution in [-0.4, -0.2) is 19.0 Å². The molecule has 2 rings (SSSR count). The van der Waals surface area contributed by atoms with Gasteiger partial charge in [-0.15, -0.1) is 0 Å². The molecule has 0 saturated carbocycles. The lowest BCUT2D eigenvalue weighted by Crippen LogP contribution is -2.49. The maximum atomic E-state index is 12.4. The highest BCUT2D eigenvalue weighted by molar-refractivity contribution is 9.10. The van der Waals surface area contributed by atoms with E-state index in [0.717, 1.165) is 36.0 Å². The zero-order chi connectivity index (χ0) is 13.9. The van der Waals surface area contributed by atoms with E-state index in [1.54, 1.807) is 0 Å². The standard InChI is InChI=1S/C15H21BrN2O/c1-11(12-6-3-4-7-13(12)16)18-14(19)15(2)8-5-9-17-10-15/h3-4,6-7,11,17H,5,8-10H2,1-2H3,(H,18,19)/t11-,15?/m0/s1. The summed E-state index contributed by atoms with van der Waals surface area (Å²) in [6.07, 6.45) is 2.02. The number of hydrogen-bond acceptors (Lipinski definition) is 2. The van der Waals surface area contributed by atoms with E-state index in [-0.39, 0.29) is 17.4 Å². The molecule has 1 heterocycles. The van der Waals surface area contributed by atoms with Gasteiger partial charge in [0.2, 0.25) is 5.91 Å². The van der Waals surface area contributed by atoms with E-state index in [1.807, 2.05) is 38.1 Å². The van der Waals surface area contributed by atoms with Gasteiger partial charge in [0.15, 0.2) is 0 Å². The number of carbonyl (C=O) groups is 1. The molecule has 1 aliphatic rings. The van der Waals surface area contributed by atoms with Crippen LogP contribution in [0.1, 0.15) is 38.3 Å². The summed E-state index contributed by atoms with van der Waals surface area (Å²) in [5.74, 6) is 0.142. The summed E-state index contributed by atoms with van der Waals surface area (Å²) < 4.78 is 1.04. The average Bonchev–Trinajstić information content (AvgIpc) is 2.40. The van der Waals surface area contributed by atoms with Gasteiger partial charge < -0.3 is 10.6 Å². The van der Waals surface area contributed by atoms with Gasteiger partial charge in [-0.3, -0.25) is 4.79 Å². The maximum Gasteiger partial charge on any atom is 0.227 e. The molecule has 1 fully saturated rings. The van der Waals surface area contributed by atoms with Crippen molar-refractivity contribution < 1.29 is 4.79 Å². The molecule has 0 aliphatic carbocycles. The summed E-state index contributed by atoms with van der Waals surface area (Å²) in [5.41, 5.74) is 0.830. The van der Waals surface area contributed by atoms with Crippen LogP contribution >= 0.6 is 15.9 Å². The summed E-state index contributed by atoms with van der Waals surface area (Å²) in [4.78, 5) is 12.4. The summed E-state index contributed by atoms with van der Waals surface area (Å²) in [6.45, 7) is 5.85. The highest BCUT2D eigenvalue weighted by atomic mass is 79.9. The predicted molar refractivity (Wildman–Crippen MR) is 80.9 cm³/mol. The first-order valence-electron chi connectivity index (χ1n) is 6.79. The molecule has 3 nitrogen and oxygen atoms in total. The summed E-state index contributed by atoms with van der Waals surface area (Å²) in [5, 5.41) is 6.45. The summed E-state index contributed by atoms with van der Waals surface area (Å²) in [6, 6.07) is 8.03. The number of nitrogens with one attached hydrogen (secondary N) is 2. The van der Waals surface area contributed by atoms with E-state index in [9.17, 15) is 4.79 Å².